The van der Waals surface area contributed by atoms with Gasteiger partial charge >= 0.3 is 0 Å². The Hall–Kier alpha value is -1.26. The Labute approximate surface area is 119 Å². The molecule has 0 radical (unpaired) electrons. The molecule has 0 saturated heterocycles. The first kappa shape index (κ1) is 15.8. The highest BCUT2D eigenvalue weighted by Crippen LogP contribution is 2.28. The van der Waals surface area contributed by atoms with Gasteiger partial charge in [0.25, 0.3) is 0 Å². The molecule has 0 saturated carbocycles. The lowest BCUT2D eigenvalue weighted by molar-refractivity contribution is -0.119. The second-order valence-corrected chi connectivity index (χ2v) is 4.76. The van der Waals surface area contributed by atoms with E-state index in [0.29, 0.717) is 18.1 Å². The van der Waals surface area contributed by atoms with Crippen molar-refractivity contribution in [2.75, 3.05) is 24.5 Å². The minimum absolute atomic E-state index is 0.0278. The highest BCUT2D eigenvalue weighted by Gasteiger charge is 2.13. The number of hydrogen-bond acceptors (Lipinski definition) is 3. The molecule has 1 rings (SSSR count). The van der Waals surface area contributed by atoms with E-state index in [9.17, 15) is 9.90 Å². The van der Waals surface area contributed by atoms with Crippen molar-refractivity contribution in [3.8, 4) is 0 Å². The summed E-state index contributed by atoms with van der Waals surface area (Å²) in [5.74, 6) is -0.0278. The van der Waals surface area contributed by atoms with Gasteiger partial charge in [-0.1, -0.05) is 17.7 Å². The Morgan fingerprint density at radius 1 is 1.47 bits per heavy atom. The number of likely N-dealkylation sites (N-methyl/N-ethyl adjacent to an activating group) is 2. The van der Waals surface area contributed by atoms with Crippen molar-refractivity contribution in [1.29, 1.82) is 0 Å². The number of hydrogen-bond donors (Lipinski definition) is 2. The molecular formula is C14H21ClN2O2. The maximum Gasteiger partial charge on any atom is 0.239 e. The predicted molar refractivity (Wildman–Crippen MR) is 78.7 cm³/mol. The average molecular weight is 285 g/mol. The molecule has 0 fully saturated rings. The molecule has 4 nitrogen and oxygen atoms in total. The van der Waals surface area contributed by atoms with E-state index < -0.39 is 6.10 Å². The molecule has 106 valence electrons. The van der Waals surface area contributed by atoms with Crippen molar-refractivity contribution in [2.24, 2.45) is 0 Å². The number of carbonyl (C=O) groups excluding carboxylic acids is 1. The number of amides is 1. The molecule has 0 aliphatic heterocycles. The summed E-state index contributed by atoms with van der Waals surface area (Å²) in [6.07, 6.45) is -0.551. The number of nitrogens with zero attached hydrogens (tertiary/aromatic N) is 1. The molecule has 0 heterocycles. The summed E-state index contributed by atoms with van der Waals surface area (Å²) in [5.41, 5.74) is 1.57. The van der Waals surface area contributed by atoms with Gasteiger partial charge < -0.3 is 15.3 Å². The van der Waals surface area contributed by atoms with Gasteiger partial charge in [0, 0.05) is 13.1 Å². The summed E-state index contributed by atoms with van der Waals surface area (Å²) < 4.78 is 0. The molecule has 0 aliphatic rings. The van der Waals surface area contributed by atoms with Crippen molar-refractivity contribution in [2.45, 2.75) is 26.9 Å². The van der Waals surface area contributed by atoms with Crippen molar-refractivity contribution in [1.82, 2.24) is 5.32 Å². The van der Waals surface area contributed by atoms with Crippen molar-refractivity contribution in [3.63, 3.8) is 0 Å². The van der Waals surface area contributed by atoms with E-state index in [0.717, 1.165) is 11.3 Å². The van der Waals surface area contributed by atoms with Gasteiger partial charge in [-0.3, -0.25) is 4.79 Å². The fraction of sp³-hybridized carbons (Fsp3) is 0.500. The lowest BCUT2D eigenvalue weighted by Crippen LogP contribution is -2.37. The normalized spacial score (nSPS) is 12.1. The summed E-state index contributed by atoms with van der Waals surface area (Å²) >= 11 is 6.22. The number of anilines is 1. The van der Waals surface area contributed by atoms with Gasteiger partial charge in [0.05, 0.1) is 23.4 Å². The third kappa shape index (κ3) is 4.40. The van der Waals surface area contributed by atoms with E-state index in [2.05, 4.69) is 5.32 Å². The molecule has 0 spiro atoms. The zero-order valence-corrected chi connectivity index (χ0v) is 12.4. The van der Waals surface area contributed by atoms with Crippen molar-refractivity contribution in [3.05, 3.63) is 28.8 Å². The van der Waals surface area contributed by atoms with Gasteiger partial charge in [0.2, 0.25) is 5.91 Å². The minimum atomic E-state index is -0.551. The average Bonchev–Trinajstić information content (AvgIpc) is 2.36. The molecule has 0 unspecified atom stereocenters. The summed E-state index contributed by atoms with van der Waals surface area (Å²) in [5, 5.41) is 12.8. The van der Waals surface area contributed by atoms with E-state index in [1.54, 1.807) is 13.0 Å². The first-order chi connectivity index (χ1) is 8.99. The van der Waals surface area contributed by atoms with Crippen LogP contribution in [0.15, 0.2) is 18.2 Å². The largest absolute Gasteiger partial charge is 0.389 e. The fourth-order valence-electron chi connectivity index (χ4n) is 1.83. The predicted octanol–water partition coefficient (Wildman–Crippen LogP) is 2.36. The molecule has 1 aromatic carbocycles. The summed E-state index contributed by atoms with van der Waals surface area (Å²) in [6.45, 7) is 7.13. The zero-order chi connectivity index (χ0) is 14.4. The first-order valence-electron chi connectivity index (χ1n) is 6.48. The van der Waals surface area contributed by atoms with Crippen LogP contribution in [0, 0.1) is 0 Å². The number of halogens is 1. The van der Waals surface area contributed by atoms with Crippen LogP contribution in [0.2, 0.25) is 5.02 Å². The van der Waals surface area contributed by atoms with E-state index in [-0.39, 0.29) is 12.5 Å². The lowest BCUT2D eigenvalue weighted by Gasteiger charge is -2.24. The molecule has 1 amide bonds. The van der Waals surface area contributed by atoms with Gasteiger partial charge in [0.1, 0.15) is 0 Å². The van der Waals surface area contributed by atoms with Gasteiger partial charge in [-0.2, -0.15) is 0 Å². The Bertz CT molecular complexity index is 435. The van der Waals surface area contributed by atoms with E-state index in [4.69, 9.17) is 11.6 Å². The van der Waals surface area contributed by atoms with Crippen molar-refractivity contribution < 1.29 is 9.90 Å². The van der Waals surface area contributed by atoms with Crippen LogP contribution in [0.4, 0.5) is 5.69 Å². The molecule has 0 aromatic heterocycles. The second kappa shape index (κ2) is 7.36. The van der Waals surface area contributed by atoms with Crippen LogP contribution in [0.3, 0.4) is 0 Å². The first-order valence-corrected chi connectivity index (χ1v) is 6.86. The molecule has 19 heavy (non-hydrogen) atoms. The Balaban J connectivity index is 2.89. The molecule has 1 atom stereocenters. The van der Waals surface area contributed by atoms with Crippen LogP contribution in [0.5, 0.6) is 0 Å². The number of rotatable bonds is 6. The Morgan fingerprint density at radius 2 is 2.16 bits per heavy atom. The maximum absolute atomic E-state index is 11.6. The van der Waals surface area contributed by atoms with Crippen LogP contribution in [0.25, 0.3) is 0 Å². The van der Waals surface area contributed by atoms with Crippen LogP contribution in [-0.2, 0) is 4.79 Å². The number of aliphatic hydroxyl groups is 1. The zero-order valence-electron chi connectivity index (χ0n) is 11.6. The second-order valence-electron chi connectivity index (χ2n) is 4.35. The minimum Gasteiger partial charge on any atom is -0.389 e. The fourth-order valence-corrected chi connectivity index (χ4v) is 2.14. The van der Waals surface area contributed by atoms with Gasteiger partial charge in [0.15, 0.2) is 0 Å². The molecule has 0 aliphatic carbocycles. The Morgan fingerprint density at radius 3 is 2.63 bits per heavy atom. The summed E-state index contributed by atoms with van der Waals surface area (Å²) in [6, 6.07) is 5.40. The van der Waals surface area contributed by atoms with E-state index >= 15 is 0 Å². The van der Waals surface area contributed by atoms with Crippen LogP contribution < -0.4 is 10.2 Å². The third-order valence-electron chi connectivity index (χ3n) is 2.88. The number of benzene rings is 1. The monoisotopic (exact) mass is 284 g/mol. The van der Waals surface area contributed by atoms with E-state index in [1.807, 2.05) is 30.9 Å². The van der Waals surface area contributed by atoms with Crippen LogP contribution in [-0.4, -0.2) is 30.6 Å². The highest BCUT2D eigenvalue weighted by atomic mass is 35.5. The van der Waals surface area contributed by atoms with Crippen LogP contribution >= 0.6 is 11.6 Å². The van der Waals surface area contributed by atoms with Crippen molar-refractivity contribution >= 4 is 23.2 Å². The third-order valence-corrected chi connectivity index (χ3v) is 3.19. The molecular weight excluding hydrogens is 264 g/mol. The van der Waals surface area contributed by atoms with Gasteiger partial charge in [-0.25, -0.2) is 0 Å². The van der Waals surface area contributed by atoms with Gasteiger partial charge in [-0.15, -0.1) is 0 Å². The smallest absolute Gasteiger partial charge is 0.239 e. The standard InChI is InChI=1S/C14H21ClN2O2/c1-4-16-14(19)9-17(5-2)13-7-6-11(10(3)18)8-12(13)15/h6-8,10,18H,4-5,9H2,1-3H3,(H,16,19)/t10-/m1/s1. The Kier molecular flexibility index (Phi) is 6.12. The summed E-state index contributed by atoms with van der Waals surface area (Å²) in [7, 11) is 0. The molecule has 0 bridgehead atoms. The summed E-state index contributed by atoms with van der Waals surface area (Å²) in [4.78, 5) is 13.5. The molecule has 1 aromatic rings. The molecule has 2 N–H and O–H groups in total. The SMILES string of the molecule is CCNC(=O)CN(CC)c1ccc([C@@H](C)O)cc1Cl. The number of nitrogens with one attached hydrogen (secondary N) is 1. The topological polar surface area (TPSA) is 52.6 Å². The molecule has 5 heteroatoms. The number of aliphatic hydroxyl groups excluding tert-OH is 1. The maximum atomic E-state index is 11.6. The van der Waals surface area contributed by atoms with E-state index in [1.165, 1.54) is 0 Å². The van der Waals surface area contributed by atoms with Gasteiger partial charge in [-0.05, 0) is 38.5 Å². The quantitative estimate of drug-likeness (QED) is 0.843. The lowest BCUT2D eigenvalue weighted by atomic mass is 10.1. The number of carbonyl (C=O) groups is 1. The van der Waals surface area contributed by atoms with Crippen LogP contribution in [0.1, 0.15) is 32.4 Å². The highest BCUT2D eigenvalue weighted by molar-refractivity contribution is 6.33.